The average Bonchev–Trinajstić information content (AvgIpc) is 2.27. The van der Waals surface area contributed by atoms with Gasteiger partial charge in [0.25, 0.3) is 0 Å². The lowest BCUT2D eigenvalue weighted by Gasteiger charge is -2.23. The molecule has 0 fully saturated rings. The molecule has 0 aromatic carbocycles. The number of anilines is 1. The van der Waals surface area contributed by atoms with Crippen molar-refractivity contribution in [3.63, 3.8) is 0 Å². The Morgan fingerprint density at radius 2 is 2.12 bits per heavy atom. The van der Waals surface area contributed by atoms with Crippen LogP contribution >= 0.6 is 0 Å². The van der Waals surface area contributed by atoms with Crippen LogP contribution in [-0.4, -0.2) is 30.6 Å². The minimum absolute atomic E-state index is 0.295. The predicted octanol–water partition coefficient (Wildman–Crippen LogP) is 2.41. The van der Waals surface area contributed by atoms with Crippen molar-refractivity contribution in [2.75, 3.05) is 18.6 Å². The zero-order valence-corrected chi connectivity index (χ0v) is 11.2. The molecule has 0 unspecified atom stereocenters. The lowest BCUT2D eigenvalue weighted by molar-refractivity contribution is 0.0526. The van der Waals surface area contributed by atoms with Gasteiger partial charge in [-0.25, -0.2) is 9.78 Å². The first-order chi connectivity index (χ1) is 7.95. The van der Waals surface area contributed by atoms with E-state index < -0.39 is 0 Å². The van der Waals surface area contributed by atoms with Gasteiger partial charge in [-0.3, -0.25) is 0 Å². The number of pyridine rings is 1. The van der Waals surface area contributed by atoms with Gasteiger partial charge in [0, 0.05) is 18.8 Å². The van der Waals surface area contributed by atoms with Crippen LogP contribution in [0.4, 0.5) is 5.82 Å². The lowest BCUT2D eigenvalue weighted by atomic mass is 10.2. The topological polar surface area (TPSA) is 42.4 Å². The van der Waals surface area contributed by atoms with Gasteiger partial charge in [-0.05, 0) is 39.8 Å². The van der Waals surface area contributed by atoms with Gasteiger partial charge in [-0.15, -0.1) is 0 Å². The Morgan fingerprint density at radius 3 is 2.65 bits per heavy atom. The number of nitrogens with zero attached hydrogens (tertiary/aromatic N) is 2. The van der Waals surface area contributed by atoms with E-state index in [0.717, 1.165) is 11.5 Å². The van der Waals surface area contributed by atoms with Gasteiger partial charge in [0.05, 0.1) is 12.2 Å². The molecular weight excluding hydrogens is 216 g/mol. The highest BCUT2D eigenvalue weighted by Crippen LogP contribution is 2.16. The second-order valence-corrected chi connectivity index (χ2v) is 4.28. The molecule has 0 bridgehead atoms. The Morgan fingerprint density at radius 1 is 1.47 bits per heavy atom. The number of aromatic nitrogens is 1. The number of carbonyl (C=O) groups is 1. The van der Waals surface area contributed by atoms with Crippen molar-refractivity contribution >= 4 is 11.8 Å². The van der Waals surface area contributed by atoms with Gasteiger partial charge in [-0.1, -0.05) is 0 Å². The number of esters is 1. The van der Waals surface area contributed by atoms with Crippen LogP contribution in [0.25, 0.3) is 0 Å². The predicted molar refractivity (Wildman–Crippen MR) is 68.5 cm³/mol. The summed E-state index contributed by atoms with van der Waals surface area (Å²) in [5.74, 6) is 0.499. The zero-order chi connectivity index (χ0) is 13.0. The second-order valence-electron chi connectivity index (χ2n) is 4.28. The third-order valence-corrected chi connectivity index (χ3v) is 2.59. The third kappa shape index (κ3) is 3.44. The molecule has 0 saturated heterocycles. The molecule has 4 heteroatoms. The zero-order valence-electron chi connectivity index (χ0n) is 11.2. The van der Waals surface area contributed by atoms with Crippen LogP contribution in [0.2, 0.25) is 0 Å². The summed E-state index contributed by atoms with van der Waals surface area (Å²) in [6, 6.07) is 3.85. The van der Waals surface area contributed by atoms with E-state index in [9.17, 15) is 4.79 Å². The van der Waals surface area contributed by atoms with Crippen molar-refractivity contribution in [3.8, 4) is 0 Å². The summed E-state index contributed by atoms with van der Waals surface area (Å²) < 4.78 is 4.99. The van der Waals surface area contributed by atoms with Crippen LogP contribution in [-0.2, 0) is 4.74 Å². The van der Waals surface area contributed by atoms with Crippen LogP contribution in [0, 0.1) is 6.92 Å². The average molecular weight is 236 g/mol. The first-order valence-corrected chi connectivity index (χ1v) is 5.84. The molecule has 0 N–H and O–H groups in total. The molecular formula is C13H20N2O2. The number of aryl methyl sites for hydroxylation is 1. The Labute approximate surface area is 103 Å². The molecule has 0 saturated carbocycles. The lowest BCUT2D eigenvalue weighted by Crippen LogP contribution is -2.27. The van der Waals surface area contributed by atoms with Crippen LogP contribution < -0.4 is 4.90 Å². The van der Waals surface area contributed by atoms with Crippen molar-refractivity contribution < 1.29 is 9.53 Å². The maximum atomic E-state index is 11.7. The summed E-state index contributed by atoms with van der Waals surface area (Å²) >= 11 is 0. The highest BCUT2D eigenvalue weighted by molar-refractivity contribution is 5.90. The quantitative estimate of drug-likeness (QED) is 0.753. The Bertz CT molecular complexity index is 402. The van der Waals surface area contributed by atoms with Crippen molar-refractivity contribution in [2.24, 2.45) is 0 Å². The summed E-state index contributed by atoms with van der Waals surface area (Å²) in [6.45, 7) is 8.21. The van der Waals surface area contributed by atoms with E-state index in [1.165, 1.54) is 0 Å². The van der Waals surface area contributed by atoms with Gasteiger partial charge in [0.15, 0.2) is 0 Å². The van der Waals surface area contributed by atoms with Gasteiger partial charge in [-0.2, -0.15) is 0 Å². The second kappa shape index (κ2) is 5.66. The molecule has 0 aliphatic rings. The molecule has 0 aliphatic heterocycles. The fourth-order valence-electron chi connectivity index (χ4n) is 1.43. The maximum absolute atomic E-state index is 11.7. The third-order valence-electron chi connectivity index (χ3n) is 2.59. The number of carbonyl (C=O) groups excluding carboxylic acids is 1. The fraction of sp³-hybridized carbons (Fsp3) is 0.538. The molecule has 0 atom stereocenters. The number of hydrogen-bond donors (Lipinski definition) is 0. The van der Waals surface area contributed by atoms with Crippen molar-refractivity contribution in [3.05, 3.63) is 23.4 Å². The van der Waals surface area contributed by atoms with E-state index in [1.54, 1.807) is 19.1 Å². The van der Waals surface area contributed by atoms with E-state index in [-0.39, 0.29) is 5.97 Å². The summed E-state index contributed by atoms with van der Waals surface area (Å²) in [4.78, 5) is 18.1. The van der Waals surface area contributed by atoms with E-state index in [0.29, 0.717) is 18.2 Å². The molecule has 0 aliphatic carbocycles. The summed E-state index contributed by atoms with van der Waals surface area (Å²) in [7, 11) is 1.96. The molecule has 1 aromatic heterocycles. The minimum Gasteiger partial charge on any atom is -0.462 e. The largest absolute Gasteiger partial charge is 0.462 e. The van der Waals surface area contributed by atoms with E-state index in [4.69, 9.17) is 4.74 Å². The standard InChI is InChI=1S/C13H20N2O2/c1-6-17-13(16)11-7-10(4)14-12(8-11)15(5)9(2)3/h7-9H,6H2,1-5H3. The molecule has 94 valence electrons. The monoisotopic (exact) mass is 236 g/mol. The summed E-state index contributed by atoms with van der Waals surface area (Å²) in [5.41, 5.74) is 1.37. The first-order valence-electron chi connectivity index (χ1n) is 5.84. The van der Waals surface area contributed by atoms with Crippen molar-refractivity contribution in [2.45, 2.75) is 33.7 Å². The smallest absolute Gasteiger partial charge is 0.338 e. The summed E-state index contributed by atoms with van der Waals surface area (Å²) in [5, 5.41) is 0. The summed E-state index contributed by atoms with van der Waals surface area (Å²) in [6.07, 6.45) is 0. The van der Waals surface area contributed by atoms with Gasteiger partial charge >= 0.3 is 5.97 Å². The maximum Gasteiger partial charge on any atom is 0.338 e. The number of hydrogen-bond acceptors (Lipinski definition) is 4. The highest BCUT2D eigenvalue weighted by Gasteiger charge is 2.13. The van der Waals surface area contributed by atoms with E-state index in [1.807, 2.05) is 18.9 Å². The van der Waals surface area contributed by atoms with Gasteiger partial charge in [0.2, 0.25) is 0 Å². The Hall–Kier alpha value is -1.58. The first kappa shape index (κ1) is 13.5. The molecule has 0 amide bonds. The van der Waals surface area contributed by atoms with Crippen LogP contribution in [0.5, 0.6) is 0 Å². The Balaban J connectivity index is 3.06. The fourth-order valence-corrected chi connectivity index (χ4v) is 1.43. The van der Waals surface area contributed by atoms with Crippen LogP contribution in [0.15, 0.2) is 12.1 Å². The van der Waals surface area contributed by atoms with Crippen LogP contribution in [0.3, 0.4) is 0 Å². The molecule has 17 heavy (non-hydrogen) atoms. The van der Waals surface area contributed by atoms with Crippen molar-refractivity contribution in [1.82, 2.24) is 4.98 Å². The van der Waals surface area contributed by atoms with Crippen LogP contribution in [0.1, 0.15) is 36.8 Å². The minimum atomic E-state index is -0.295. The Kier molecular flexibility index (Phi) is 4.49. The molecule has 0 radical (unpaired) electrons. The number of ether oxygens (including phenoxy) is 1. The molecule has 1 heterocycles. The molecule has 1 rings (SSSR count). The van der Waals surface area contributed by atoms with Crippen molar-refractivity contribution in [1.29, 1.82) is 0 Å². The molecule has 0 spiro atoms. The van der Waals surface area contributed by atoms with Gasteiger partial charge in [0.1, 0.15) is 5.82 Å². The normalized spacial score (nSPS) is 10.5. The van der Waals surface area contributed by atoms with Gasteiger partial charge < -0.3 is 9.64 Å². The SMILES string of the molecule is CCOC(=O)c1cc(C)nc(N(C)C(C)C)c1. The highest BCUT2D eigenvalue weighted by atomic mass is 16.5. The van der Waals surface area contributed by atoms with E-state index in [2.05, 4.69) is 18.8 Å². The molecule has 1 aromatic rings. The van der Waals surface area contributed by atoms with E-state index >= 15 is 0 Å². The number of rotatable bonds is 4. The molecule has 4 nitrogen and oxygen atoms in total.